The number of para-hydroxylation sites is 1. The molecule has 5 aromatic heterocycles. The van der Waals surface area contributed by atoms with Gasteiger partial charge in [-0.2, -0.15) is 0 Å². The van der Waals surface area contributed by atoms with Crippen molar-refractivity contribution in [1.82, 2.24) is 34.5 Å². The molecule has 5 heterocycles. The van der Waals surface area contributed by atoms with Crippen molar-refractivity contribution in [3.8, 4) is 5.69 Å². The van der Waals surface area contributed by atoms with E-state index >= 15 is 0 Å². The summed E-state index contributed by atoms with van der Waals surface area (Å²) in [6.07, 6.45) is 7.36. The molecular weight excluding hydrogens is 603 g/mol. The number of nitrogens with zero attached hydrogens (tertiary/aromatic N) is 5. The van der Waals surface area contributed by atoms with Crippen molar-refractivity contribution in [1.29, 1.82) is 0 Å². The molecule has 3 N–H and O–H groups in total. The van der Waals surface area contributed by atoms with Crippen LogP contribution in [0.3, 0.4) is 0 Å². The van der Waals surface area contributed by atoms with Crippen molar-refractivity contribution in [2.24, 2.45) is 0 Å². The van der Waals surface area contributed by atoms with Crippen LogP contribution in [0.25, 0.3) is 38.5 Å². The summed E-state index contributed by atoms with van der Waals surface area (Å²) in [6.45, 7) is 1.85. The van der Waals surface area contributed by atoms with Gasteiger partial charge in [0.15, 0.2) is 10.9 Å². The van der Waals surface area contributed by atoms with Crippen LogP contribution in [-0.2, 0) is 0 Å². The first-order valence-corrected chi connectivity index (χ1v) is 14.0. The number of nitrogens with one attached hydrogen (secondary N) is 3. The van der Waals surface area contributed by atoms with Crippen molar-refractivity contribution in [2.45, 2.75) is 13.0 Å². The van der Waals surface area contributed by atoms with Crippen LogP contribution in [0, 0.1) is 0 Å². The van der Waals surface area contributed by atoms with Crippen molar-refractivity contribution >= 4 is 61.9 Å². The molecular formula is C31H22Cl2N8O3. The largest absolute Gasteiger partial charge is 0.361 e. The zero-order valence-electron chi connectivity index (χ0n) is 23.0. The summed E-state index contributed by atoms with van der Waals surface area (Å²) in [5.41, 5.74) is 1.56. The number of aromatic amines is 2. The number of benzene rings is 2. The van der Waals surface area contributed by atoms with Gasteiger partial charge in [-0.15, -0.1) is 0 Å². The van der Waals surface area contributed by atoms with Crippen molar-refractivity contribution in [3.05, 3.63) is 138 Å². The average molecular weight is 625 g/mol. The molecule has 0 radical (unpaired) electrons. The minimum absolute atomic E-state index is 0.0562. The van der Waals surface area contributed by atoms with E-state index in [9.17, 15) is 14.4 Å². The van der Waals surface area contributed by atoms with Crippen molar-refractivity contribution < 1.29 is 0 Å². The topological polar surface area (TPSA) is 151 Å². The fourth-order valence-electron chi connectivity index (χ4n) is 4.90. The zero-order chi connectivity index (χ0) is 30.8. The zero-order valence-corrected chi connectivity index (χ0v) is 24.5. The smallest absolute Gasteiger partial charge is 0.264 e. The molecule has 0 amide bonds. The van der Waals surface area contributed by atoms with Gasteiger partial charge in [-0.05, 0) is 25.1 Å². The molecule has 0 fully saturated rings. The predicted octanol–water partition coefficient (Wildman–Crippen LogP) is 5.42. The second kappa shape index (κ2) is 12.1. The van der Waals surface area contributed by atoms with Crippen LogP contribution >= 0.6 is 23.2 Å². The second-order valence-corrected chi connectivity index (χ2v) is 10.4. The minimum Gasteiger partial charge on any atom is -0.361 e. The molecule has 7 rings (SSSR count). The third-order valence-electron chi connectivity index (χ3n) is 6.89. The van der Waals surface area contributed by atoms with Crippen LogP contribution in [0.4, 0.5) is 5.82 Å². The molecule has 7 aromatic rings. The fraction of sp³-hybridized carbons (Fsp3) is 0.0645. The molecule has 0 bridgehead atoms. The Balaban J connectivity index is 0.000000261. The van der Waals surface area contributed by atoms with Gasteiger partial charge in [-0.3, -0.25) is 19.0 Å². The molecule has 1 atom stereocenters. The highest BCUT2D eigenvalue weighted by molar-refractivity contribution is 6.40. The van der Waals surface area contributed by atoms with Gasteiger partial charge in [0.05, 0.1) is 32.6 Å². The Hall–Kier alpha value is -5.39. The SMILES string of the molecule is CC(Nc1ncnc2[nH]ccc(=O)c12)c1c(Cl)c2cccc(Cl)c2c(=O)n1-c1ccccc1.O=c1cc[nH]c2ncncc12. The van der Waals surface area contributed by atoms with Crippen LogP contribution in [0.2, 0.25) is 10.0 Å². The van der Waals surface area contributed by atoms with Crippen molar-refractivity contribution in [3.63, 3.8) is 0 Å². The van der Waals surface area contributed by atoms with E-state index in [1.165, 1.54) is 37.2 Å². The van der Waals surface area contributed by atoms with Crippen LogP contribution < -0.4 is 21.7 Å². The maximum Gasteiger partial charge on any atom is 0.264 e. The number of anilines is 1. The van der Waals surface area contributed by atoms with Crippen LogP contribution in [-0.4, -0.2) is 34.5 Å². The maximum absolute atomic E-state index is 13.7. The Morgan fingerprint density at radius 1 is 0.773 bits per heavy atom. The molecule has 0 aliphatic heterocycles. The van der Waals surface area contributed by atoms with Crippen LogP contribution in [0.15, 0.2) is 106 Å². The number of fused-ring (bicyclic) bond motifs is 3. The van der Waals surface area contributed by atoms with E-state index < -0.39 is 6.04 Å². The maximum atomic E-state index is 13.7. The summed E-state index contributed by atoms with van der Waals surface area (Å²) in [7, 11) is 0. The summed E-state index contributed by atoms with van der Waals surface area (Å²) in [5, 5.41) is 5.69. The van der Waals surface area contributed by atoms with Crippen LogP contribution in [0.1, 0.15) is 18.7 Å². The van der Waals surface area contributed by atoms with Gasteiger partial charge in [-0.25, -0.2) is 19.9 Å². The highest BCUT2D eigenvalue weighted by Crippen LogP contribution is 2.35. The van der Waals surface area contributed by atoms with Crippen molar-refractivity contribution in [2.75, 3.05) is 5.32 Å². The molecule has 13 heteroatoms. The number of halogens is 2. The van der Waals surface area contributed by atoms with E-state index in [1.54, 1.807) is 29.0 Å². The van der Waals surface area contributed by atoms with Gasteiger partial charge >= 0.3 is 0 Å². The molecule has 44 heavy (non-hydrogen) atoms. The number of rotatable bonds is 4. The van der Waals surface area contributed by atoms with E-state index in [-0.39, 0.29) is 16.4 Å². The first kappa shape index (κ1) is 28.7. The fourth-order valence-corrected chi connectivity index (χ4v) is 5.56. The number of pyridine rings is 3. The monoisotopic (exact) mass is 624 g/mol. The van der Waals surface area contributed by atoms with Gasteiger partial charge in [0.25, 0.3) is 5.56 Å². The third-order valence-corrected chi connectivity index (χ3v) is 7.60. The first-order valence-electron chi connectivity index (χ1n) is 13.3. The summed E-state index contributed by atoms with van der Waals surface area (Å²) in [4.78, 5) is 59.0. The van der Waals surface area contributed by atoms with Gasteiger partial charge in [0.1, 0.15) is 35.2 Å². The number of aromatic nitrogens is 7. The predicted molar refractivity (Wildman–Crippen MR) is 172 cm³/mol. The Morgan fingerprint density at radius 3 is 2.27 bits per heavy atom. The molecule has 11 nitrogen and oxygen atoms in total. The Bertz CT molecular complexity index is 2330. The lowest BCUT2D eigenvalue weighted by molar-refractivity contribution is 0.774. The third kappa shape index (κ3) is 5.30. The Kier molecular flexibility index (Phi) is 7.88. The van der Waals surface area contributed by atoms with E-state index in [4.69, 9.17) is 23.2 Å². The van der Waals surface area contributed by atoms with Crippen LogP contribution in [0.5, 0.6) is 0 Å². The van der Waals surface area contributed by atoms with Gasteiger partial charge in [-0.1, -0.05) is 53.5 Å². The summed E-state index contributed by atoms with van der Waals surface area (Å²) in [6, 6.07) is 16.7. The highest BCUT2D eigenvalue weighted by Gasteiger charge is 2.23. The van der Waals surface area contributed by atoms with Gasteiger partial charge in [0, 0.05) is 41.8 Å². The standard InChI is InChI=1S/C24H17Cl2N5O2.C7H5N3O/c1-13(30-23-19-17(32)10-11-27-22(19)28-12-29-23)21-20(26)15-8-5-9-16(25)18(15)24(33)31(21)14-6-3-2-4-7-14;11-6-1-2-9-7-5(6)3-8-4-10-7/h2-13H,1H3,(H2,27,28,29,30,32);1-4H,(H,8,9,10,11). The van der Waals surface area contributed by atoms with Gasteiger partial charge < -0.3 is 15.3 Å². The second-order valence-electron chi connectivity index (χ2n) is 9.62. The molecule has 218 valence electrons. The number of hydrogen-bond acceptors (Lipinski definition) is 8. The highest BCUT2D eigenvalue weighted by atomic mass is 35.5. The van der Waals surface area contributed by atoms with E-state index in [0.717, 1.165) is 0 Å². The molecule has 0 aliphatic carbocycles. The lowest BCUT2D eigenvalue weighted by Crippen LogP contribution is -2.27. The molecule has 0 saturated carbocycles. The summed E-state index contributed by atoms with van der Waals surface area (Å²) in [5.74, 6) is 0.337. The quantitative estimate of drug-likeness (QED) is 0.235. The Morgan fingerprint density at radius 2 is 1.50 bits per heavy atom. The number of H-pyrrole nitrogens is 2. The Labute approximate surface area is 258 Å². The summed E-state index contributed by atoms with van der Waals surface area (Å²) >= 11 is 13.3. The van der Waals surface area contributed by atoms with E-state index in [0.29, 0.717) is 60.1 Å². The molecule has 0 saturated heterocycles. The van der Waals surface area contributed by atoms with Gasteiger partial charge in [0.2, 0.25) is 0 Å². The average Bonchev–Trinajstić information content (AvgIpc) is 3.03. The number of hydrogen-bond donors (Lipinski definition) is 3. The summed E-state index contributed by atoms with van der Waals surface area (Å²) < 4.78 is 1.54. The molecule has 2 aromatic carbocycles. The molecule has 0 aliphatic rings. The lowest BCUT2D eigenvalue weighted by Gasteiger charge is -2.23. The van der Waals surface area contributed by atoms with E-state index in [1.807, 2.05) is 37.3 Å². The lowest BCUT2D eigenvalue weighted by atomic mass is 10.1. The molecule has 0 spiro atoms. The van der Waals surface area contributed by atoms with E-state index in [2.05, 4.69) is 35.2 Å². The first-order chi connectivity index (χ1) is 21.3. The minimum atomic E-state index is -0.508. The normalized spacial score (nSPS) is 11.7. The molecule has 1 unspecified atom stereocenters.